The molecule has 3 aromatic rings. The Balaban J connectivity index is 0.000000658. The van der Waals surface area contributed by atoms with Crippen molar-refractivity contribution in [1.82, 2.24) is 0 Å². The van der Waals surface area contributed by atoms with Gasteiger partial charge in [-0.1, -0.05) is 54.6 Å². The van der Waals surface area contributed by atoms with Crippen molar-refractivity contribution in [3.05, 3.63) is 91.0 Å². The van der Waals surface area contributed by atoms with Crippen molar-refractivity contribution in [3.8, 4) is 0 Å². The van der Waals surface area contributed by atoms with Crippen LogP contribution in [-0.2, 0) is 14.4 Å². The van der Waals surface area contributed by atoms with Crippen LogP contribution in [0.2, 0.25) is 0 Å². The highest BCUT2D eigenvalue weighted by Crippen LogP contribution is 2.55. The Morgan fingerprint density at radius 1 is 0.681 bits per heavy atom. The topological polar surface area (TPSA) is 173 Å². The summed E-state index contributed by atoms with van der Waals surface area (Å²) in [5.41, 5.74) is 11.3. The number of carbonyl (C=O) groups is 3. The van der Waals surface area contributed by atoms with Crippen molar-refractivity contribution in [1.29, 1.82) is 5.41 Å². The van der Waals surface area contributed by atoms with Gasteiger partial charge in [-0.3, -0.25) is 9.28 Å². The number of alkyl halides is 6. The fourth-order valence-corrected chi connectivity index (χ4v) is 8.81. The largest absolute Gasteiger partial charge is 0.542 e. The van der Waals surface area contributed by atoms with Crippen LogP contribution in [0, 0.1) is 5.41 Å². The smallest absolute Gasteiger partial charge is 0.430 e. The first kappa shape index (κ1) is 40.5. The van der Waals surface area contributed by atoms with Crippen LogP contribution < -0.4 is 37.6 Å². The maximum Gasteiger partial charge on any atom is 0.430 e. The summed E-state index contributed by atoms with van der Waals surface area (Å²) in [6.45, 7) is 1.17. The van der Waals surface area contributed by atoms with E-state index in [0.29, 0.717) is 13.1 Å². The SMILES string of the molecule is C[N+](CCCC[P+](c1ccccc1)(c1ccccc1)c1ccccc1)(CCC(N)=O)C(=N)N.O=C([O-])C(F)(F)F.O=C([O-])C(F)(F)F. The van der Waals surface area contributed by atoms with E-state index < -0.39 is 31.6 Å². The fourth-order valence-electron chi connectivity index (χ4n) is 4.40. The minimum atomic E-state index is -5.19. The van der Waals surface area contributed by atoms with E-state index in [9.17, 15) is 31.1 Å². The zero-order valence-corrected chi connectivity index (χ0v) is 26.2. The normalized spacial score (nSPS) is 12.7. The van der Waals surface area contributed by atoms with Crippen molar-refractivity contribution >= 4 is 47.0 Å². The number of carboxylic acid groups (broad SMARTS) is 2. The number of halogens is 6. The van der Waals surface area contributed by atoms with Crippen molar-refractivity contribution in [3.63, 3.8) is 0 Å². The summed E-state index contributed by atoms with van der Waals surface area (Å²) in [5.74, 6) is -6.30. The van der Waals surface area contributed by atoms with Gasteiger partial charge in [0, 0.05) is 6.42 Å². The number of primary amides is 1. The van der Waals surface area contributed by atoms with Gasteiger partial charge in [-0.15, -0.1) is 0 Å². The molecule has 0 saturated heterocycles. The molecule has 0 heterocycles. The molecule has 0 saturated carbocycles. The zero-order valence-electron chi connectivity index (χ0n) is 25.3. The number of quaternary nitrogens is 1. The molecule has 0 bridgehead atoms. The molecule has 47 heavy (non-hydrogen) atoms. The Morgan fingerprint density at radius 3 is 1.26 bits per heavy atom. The lowest BCUT2D eigenvalue weighted by Crippen LogP contribution is -2.54. The van der Waals surface area contributed by atoms with E-state index in [1.165, 1.54) is 15.9 Å². The highest BCUT2D eigenvalue weighted by atomic mass is 31.2. The molecule has 0 aliphatic heterocycles. The minimum Gasteiger partial charge on any atom is -0.542 e. The van der Waals surface area contributed by atoms with Gasteiger partial charge >= 0.3 is 12.4 Å². The Bertz CT molecular complexity index is 1320. The van der Waals surface area contributed by atoms with Crippen molar-refractivity contribution in [2.24, 2.45) is 11.5 Å². The number of carboxylic acids is 2. The van der Waals surface area contributed by atoms with Gasteiger partial charge in [-0.25, -0.2) is 5.41 Å². The zero-order chi connectivity index (χ0) is 35.9. The predicted octanol–water partition coefficient (Wildman–Crippen LogP) is 1.57. The number of guanidine groups is 1. The second-order valence-corrected chi connectivity index (χ2v) is 13.9. The average Bonchev–Trinajstić information content (AvgIpc) is 3.01. The Morgan fingerprint density at radius 2 is 1.00 bits per heavy atom. The maximum atomic E-state index is 11.3. The van der Waals surface area contributed by atoms with E-state index in [1.54, 1.807) is 0 Å². The number of nitrogens with two attached hydrogens (primary N) is 2. The first-order chi connectivity index (χ1) is 21.8. The number of nitrogens with zero attached hydrogens (tertiary/aromatic N) is 1. The number of amides is 1. The Kier molecular flexibility index (Phi) is 15.5. The molecule has 0 aromatic heterocycles. The molecule has 0 fully saturated rings. The van der Waals surface area contributed by atoms with Crippen LogP contribution >= 0.6 is 7.26 Å². The van der Waals surface area contributed by atoms with E-state index in [1.807, 2.05) is 7.05 Å². The fraction of sp³-hybridized carbons (Fsp3) is 0.290. The summed E-state index contributed by atoms with van der Waals surface area (Å²) < 4.78 is 63.3. The third-order valence-electron chi connectivity index (χ3n) is 6.88. The molecule has 0 radical (unpaired) electrons. The second-order valence-electron chi connectivity index (χ2n) is 10.3. The molecule has 5 N–H and O–H groups in total. The third-order valence-corrected chi connectivity index (χ3v) is 11.4. The molecular formula is C31H35F6N4O5P. The molecular weight excluding hydrogens is 653 g/mol. The van der Waals surface area contributed by atoms with Crippen LogP contribution in [0.4, 0.5) is 26.3 Å². The molecule has 3 aromatic carbocycles. The number of hydrogen-bond acceptors (Lipinski definition) is 6. The number of unbranched alkanes of at least 4 members (excludes halogenated alkanes) is 1. The van der Waals surface area contributed by atoms with E-state index in [2.05, 4.69) is 91.0 Å². The lowest BCUT2D eigenvalue weighted by atomic mass is 10.2. The monoisotopic (exact) mass is 688 g/mol. The standard InChI is InChI=1S/C27H34N4OP.2C2HF3O2/c1-31(27(29)30,21-19-26(28)32)20-11-12-22-33(23-13-5-2-6-14-23,24-15-7-3-8-16-24)25-17-9-4-10-18-25;2*3-2(4,5)1(6)7/h2-10,13-18H,11-12,19-22H2,1H3,(H4-,28,29,30,32);2*(H,6,7)/q+1;;/p-1. The van der Waals surface area contributed by atoms with Gasteiger partial charge in [0.25, 0.3) is 5.96 Å². The summed E-state index contributed by atoms with van der Waals surface area (Å²) in [6, 6.07) is 32.5. The minimum absolute atomic E-state index is 0.0755. The molecule has 256 valence electrons. The van der Waals surface area contributed by atoms with E-state index in [4.69, 9.17) is 36.7 Å². The Labute approximate surface area is 268 Å². The van der Waals surface area contributed by atoms with Gasteiger partial charge in [-0.05, 0) is 42.8 Å². The van der Waals surface area contributed by atoms with Crippen LogP contribution in [0.1, 0.15) is 19.3 Å². The summed E-state index contributed by atoms with van der Waals surface area (Å²) in [4.78, 5) is 28.9. The lowest BCUT2D eigenvalue weighted by Gasteiger charge is -2.32. The molecule has 1 atom stereocenters. The van der Waals surface area contributed by atoms with Gasteiger partial charge in [0.05, 0.1) is 32.7 Å². The lowest BCUT2D eigenvalue weighted by molar-refractivity contribution is -0.822. The molecule has 1 amide bonds. The molecule has 16 heteroatoms. The summed E-state index contributed by atoms with van der Waals surface area (Å²) in [5, 5.41) is 29.8. The van der Waals surface area contributed by atoms with Gasteiger partial charge in [-0.2, -0.15) is 26.3 Å². The molecule has 0 aliphatic carbocycles. The van der Waals surface area contributed by atoms with Gasteiger partial charge < -0.3 is 31.3 Å². The second kappa shape index (κ2) is 18.0. The first-order valence-corrected chi connectivity index (χ1v) is 15.8. The molecule has 9 nitrogen and oxygen atoms in total. The number of benzene rings is 3. The quantitative estimate of drug-likeness (QED) is 0.0689. The van der Waals surface area contributed by atoms with Crippen LogP contribution in [0.5, 0.6) is 0 Å². The Hall–Kier alpha value is -4.49. The molecule has 0 aliphatic rings. The third kappa shape index (κ3) is 13.0. The van der Waals surface area contributed by atoms with Crippen LogP contribution in [0.25, 0.3) is 0 Å². The summed E-state index contributed by atoms with van der Waals surface area (Å²) in [7, 11) is 0.0599. The highest BCUT2D eigenvalue weighted by molar-refractivity contribution is 7.95. The molecule has 0 spiro atoms. The van der Waals surface area contributed by atoms with E-state index in [-0.39, 0.29) is 22.8 Å². The average molecular weight is 689 g/mol. The van der Waals surface area contributed by atoms with Crippen molar-refractivity contribution in [2.75, 3.05) is 26.3 Å². The number of nitrogens with one attached hydrogen (secondary N) is 1. The predicted molar refractivity (Wildman–Crippen MR) is 163 cm³/mol. The number of carbonyl (C=O) groups excluding carboxylic acids is 3. The van der Waals surface area contributed by atoms with E-state index >= 15 is 0 Å². The van der Waals surface area contributed by atoms with E-state index in [0.717, 1.165) is 19.0 Å². The van der Waals surface area contributed by atoms with Gasteiger partial charge in [0.15, 0.2) is 0 Å². The van der Waals surface area contributed by atoms with Crippen LogP contribution in [0.3, 0.4) is 0 Å². The first-order valence-electron chi connectivity index (χ1n) is 13.9. The molecule has 1 unspecified atom stereocenters. The summed E-state index contributed by atoms with van der Waals surface area (Å²) in [6.07, 6.45) is -7.24. The number of rotatable bonds is 11. The summed E-state index contributed by atoms with van der Waals surface area (Å²) >= 11 is 0. The van der Waals surface area contributed by atoms with Crippen LogP contribution in [0.15, 0.2) is 91.0 Å². The number of aliphatic carboxylic acids is 2. The molecule has 3 rings (SSSR count). The van der Waals surface area contributed by atoms with Crippen molar-refractivity contribution < 1.29 is 55.4 Å². The van der Waals surface area contributed by atoms with Crippen LogP contribution in [-0.4, -0.2) is 66.9 Å². The highest BCUT2D eigenvalue weighted by Gasteiger charge is 2.44. The number of hydrogen-bond donors (Lipinski definition) is 3. The van der Waals surface area contributed by atoms with Crippen molar-refractivity contribution in [2.45, 2.75) is 31.6 Å². The van der Waals surface area contributed by atoms with Gasteiger partial charge in [0.1, 0.15) is 35.1 Å². The maximum absolute atomic E-state index is 11.3. The van der Waals surface area contributed by atoms with Gasteiger partial charge in [0.2, 0.25) is 5.91 Å².